The van der Waals surface area contributed by atoms with Gasteiger partial charge in [-0.15, -0.1) is 11.3 Å². The standard InChI is InChI=1S/C15H15N3O3S/c1-3-11-4-5-12(8-14(11)18(20)21)17-15(19)7-6-13-9-22-10(2)16-13/h4-9H,3H2,1-2H3,(H,17,19)/b7-6+. The molecule has 6 nitrogen and oxygen atoms in total. The summed E-state index contributed by atoms with van der Waals surface area (Å²) in [6, 6.07) is 4.68. The average molecular weight is 317 g/mol. The van der Waals surface area contributed by atoms with Crippen molar-refractivity contribution < 1.29 is 9.72 Å². The number of benzene rings is 1. The van der Waals surface area contributed by atoms with Gasteiger partial charge in [0.2, 0.25) is 5.91 Å². The second-order valence-electron chi connectivity index (χ2n) is 4.57. The van der Waals surface area contributed by atoms with E-state index in [0.29, 0.717) is 23.4 Å². The van der Waals surface area contributed by atoms with Crippen LogP contribution in [0.4, 0.5) is 11.4 Å². The molecule has 0 aliphatic heterocycles. The molecule has 0 spiro atoms. The predicted octanol–water partition coefficient (Wildman–Crippen LogP) is 3.57. The van der Waals surface area contributed by atoms with Crippen LogP contribution in [0.5, 0.6) is 0 Å². The van der Waals surface area contributed by atoms with Crippen LogP contribution in [0.1, 0.15) is 23.2 Å². The minimum absolute atomic E-state index is 0.0133. The average Bonchev–Trinajstić information content (AvgIpc) is 2.90. The summed E-state index contributed by atoms with van der Waals surface area (Å²) in [6.07, 6.45) is 3.52. The first-order valence-corrected chi connectivity index (χ1v) is 7.56. The SMILES string of the molecule is CCc1ccc(NC(=O)/C=C/c2csc(C)n2)cc1[N+](=O)[O-]. The van der Waals surface area contributed by atoms with Gasteiger partial charge in [-0.3, -0.25) is 14.9 Å². The van der Waals surface area contributed by atoms with Crippen LogP contribution >= 0.6 is 11.3 Å². The van der Waals surface area contributed by atoms with Crippen LogP contribution in [-0.4, -0.2) is 15.8 Å². The molecule has 0 unspecified atom stereocenters. The number of nitro groups is 1. The molecule has 1 heterocycles. The van der Waals surface area contributed by atoms with Crippen molar-refractivity contribution in [1.82, 2.24) is 4.98 Å². The van der Waals surface area contributed by atoms with Gasteiger partial charge in [0.1, 0.15) is 0 Å². The van der Waals surface area contributed by atoms with Gasteiger partial charge in [-0.25, -0.2) is 4.98 Å². The highest BCUT2D eigenvalue weighted by Gasteiger charge is 2.13. The Bertz CT molecular complexity index is 737. The van der Waals surface area contributed by atoms with Crippen molar-refractivity contribution in [3.8, 4) is 0 Å². The van der Waals surface area contributed by atoms with E-state index in [0.717, 1.165) is 5.01 Å². The Morgan fingerprint density at radius 2 is 2.27 bits per heavy atom. The van der Waals surface area contributed by atoms with Crippen LogP contribution in [0.2, 0.25) is 0 Å². The number of hydrogen-bond acceptors (Lipinski definition) is 5. The van der Waals surface area contributed by atoms with E-state index < -0.39 is 4.92 Å². The molecule has 0 saturated heterocycles. The van der Waals surface area contributed by atoms with Crippen molar-refractivity contribution in [2.24, 2.45) is 0 Å². The van der Waals surface area contributed by atoms with E-state index in [1.54, 1.807) is 18.2 Å². The number of carbonyl (C=O) groups excluding carboxylic acids is 1. The fourth-order valence-corrected chi connectivity index (χ4v) is 2.49. The lowest BCUT2D eigenvalue weighted by atomic mass is 10.1. The van der Waals surface area contributed by atoms with Crippen LogP contribution in [0, 0.1) is 17.0 Å². The molecule has 22 heavy (non-hydrogen) atoms. The lowest BCUT2D eigenvalue weighted by Gasteiger charge is -2.04. The van der Waals surface area contributed by atoms with Crippen molar-refractivity contribution >= 4 is 34.7 Å². The molecule has 0 radical (unpaired) electrons. The number of aryl methyl sites for hydroxylation is 2. The number of nitrogens with zero attached hydrogens (tertiary/aromatic N) is 2. The van der Waals surface area contributed by atoms with Crippen molar-refractivity contribution in [3.63, 3.8) is 0 Å². The zero-order valence-corrected chi connectivity index (χ0v) is 13.0. The first-order chi connectivity index (χ1) is 10.5. The molecular formula is C15H15N3O3S. The molecule has 2 aromatic rings. The molecule has 1 aromatic heterocycles. The van der Waals surface area contributed by atoms with Crippen LogP contribution in [0.25, 0.3) is 6.08 Å². The van der Waals surface area contributed by atoms with Crippen LogP contribution in [-0.2, 0) is 11.2 Å². The van der Waals surface area contributed by atoms with Gasteiger partial charge in [0.05, 0.1) is 15.6 Å². The van der Waals surface area contributed by atoms with E-state index in [1.807, 2.05) is 19.2 Å². The molecule has 114 valence electrons. The Morgan fingerprint density at radius 3 is 2.86 bits per heavy atom. The topological polar surface area (TPSA) is 85.1 Å². The minimum Gasteiger partial charge on any atom is -0.322 e. The summed E-state index contributed by atoms with van der Waals surface area (Å²) in [6.45, 7) is 3.73. The van der Waals surface area contributed by atoms with E-state index in [9.17, 15) is 14.9 Å². The van der Waals surface area contributed by atoms with Gasteiger partial charge in [-0.1, -0.05) is 13.0 Å². The molecule has 0 atom stereocenters. The van der Waals surface area contributed by atoms with Gasteiger partial charge in [0.25, 0.3) is 5.69 Å². The summed E-state index contributed by atoms with van der Waals surface area (Å²) < 4.78 is 0. The van der Waals surface area contributed by atoms with E-state index in [1.165, 1.54) is 23.5 Å². The third kappa shape index (κ3) is 3.98. The number of rotatable bonds is 5. The van der Waals surface area contributed by atoms with E-state index in [4.69, 9.17) is 0 Å². The zero-order valence-electron chi connectivity index (χ0n) is 12.2. The molecule has 0 aliphatic rings. The molecule has 0 fully saturated rings. The highest BCUT2D eigenvalue weighted by Crippen LogP contribution is 2.23. The van der Waals surface area contributed by atoms with Crippen molar-refractivity contribution in [3.05, 3.63) is 56.0 Å². The van der Waals surface area contributed by atoms with Crippen LogP contribution < -0.4 is 5.32 Å². The molecule has 1 N–H and O–H groups in total. The highest BCUT2D eigenvalue weighted by molar-refractivity contribution is 7.09. The van der Waals surface area contributed by atoms with Crippen molar-refractivity contribution in [1.29, 1.82) is 0 Å². The summed E-state index contributed by atoms with van der Waals surface area (Å²) in [4.78, 5) is 26.6. The number of nitro benzene ring substituents is 1. The summed E-state index contributed by atoms with van der Waals surface area (Å²) in [7, 11) is 0. The largest absolute Gasteiger partial charge is 0.322 e. The third-order valence-electron chi connectivity index (χ3n) is 2.97. The van der Waals surface area contributed by atoms with E-state index in [2.05, 4.69) is 10.3 Å². The van der Waals surface area contributed by atoms with Gasteiger partial charge in [0.15, 0.2) is 0 Å². The van der Waals surface area contributed by atoms with Gasteiger partial charge in [-0.05, 0) is 25.5 Å². The lowest BCUT2D eigenvalue weighted by molar-refractivity contribution is -0.385. The monoisotopic (exact) mass is 317 g/mol. The summed E-state index contributed by atoms with van der Waals surface area (Å²) in [5.74, 6) is -0.357. The number of nitrogens with one attached hydrogen (secondary N) is 1. The molecule has 0 bridgehead atoms. The number of hydrogen-bond donors (Lipinski definition) is 1. The maximum atomic E-state index is 11.8. The number of thiazole rings is 1. The Morgan fingerprint density at radius 1 is 1.50 bits per heavy atom. The van der Waals surface area contributed by atoms with Gasteiger partial charge in [-0.2, -0.15) is 0 Å². The smallest absolute Gasteiger partial charge is 0.274 e. The summed E-state index contributed by atoms with van der Waals surface area (Å²) >= 11 is 1.50. The Labute approximate surface area is 131 Å². The quantitative estimate of drug-likeness (QED) is 0.519. The predicted molar refractivity (Wildman–Crippen MR) is 87.0 cm³/mol. The Hall–Kier alpha value is -2.54. The van der Waals surface area contributed by atoms with Crippen LogP contribution in [0.15, 0.2) is 29.7 Å². The zero-order chi connectivity index (χ0) is 16.1. The molecule has 7 heteroatoms. The number of aromatic nitrogens is 1. The number of anilines is 1. The van der Waals surface area contributed by atoms with E-state index in [-0.39, 0.29) is 11.6 Å². The second-order valence-corrected chi connectivity index (χ2v) is 5.63. The fraction of sp³-hybridized carbons (Fsp3) is 0.200. The number of amides is 1. The van der Waals surface area contributed by atoms with Gasteiger partial charge in [0, 0.05) is 28.8 Å². The molecular weight excluding hydrogens is 302 g/mol. The molecule has 1 aromatic carbocycles. The Kier molecular flexibility index (Phi) is 5.00. The third-order valence-corrected chi connectivity index (χ3v) is 3.76. The fourth-order valence-electron chi connectivity index (χ4n) is 1.91. The first kappa shape index (κ1) is 15.8. The molecule has 0 saturated carbocycles. The van der Waals surface area contributed by atoms with E-state index >= 15 is 0 Å². The summed E-state index contributed by atoms with van der Waals surface area (Å²) in [5, 5.41) is 16.4. The lowest BCUT2D eigenvalue weighted by Crippen LogP contribution is -2.08. The van der Waals surface area contributed by atoms with Crippen LogP contribution in [0.3, 0.4) is 0 Å². The highest BCUT2D eigenvalue weighted by atomic mass is 32.1. The first-order valence-electron chi connectivity index (χ1n) is 6.68. The van der Waals surface area contributed by atoms with Crippen molar-refractivity contribution in [2.45, 2.75) is 20.3 Å². The molecule has 0 aliphatic carbocycles. The van der Waals surface area contributed by atoms with Gasteiger partial charge < -0.3 is 5.32 Å². The van der Waals surface area contributed by atoms with Gasteiger partial charge >= 0.3 is 0 Å². The maximum absolute atomic E-state index is 11.8. The molecule has 1 amide bonds. The normalized spacial score (nSPS) is 10.8. The van der Waals surface area contributed by atoms with Crippen molar-refractivity contribution in [2.75, 3.05) is 5.32 Å². The molecule has 2 rings (SSSR count). The minimum atomic E-state index is -0.442. The summed E-state index contributed by atoms with van der Waals surface area (Å²) in [5.41, 5.74) is 1.76. The Balaban J connectivity index is 2.10. The maximum Gasteiger partial charge on any atom is 0.274 e. The number of carbonyl (C=O) groups is 1. The second kappa shape index (κ2) is 6.95.